The topological polar surface area (TPSA) is 34.0 Å². The van der Waals surface area contributed by atoms with E-state index in [0.717, 1.165) is 24.5 Å². The molecule has 4 heteroatoms. The van der Waals surface area contributed by atoms with Gasteiger partial charge in [-0.25, -0.2) is 4.68 Å². The molecule has 0 amide bonds. The minimum absolute atomic E-state index is 0.561. The lowest BCUT2D eigenvalue weighted by Gasteiger charge is -2.33. The highest BCUT2D eigenvalue weighted by atomic mass is 15.4. The molecule has 1 saturated heterocycles. The van der Waals surface area contributed by atoms with Crippen molar-refractivity contribution >= 4 is 0 Å². The van der Waals surface area contributed by atoms with Crippen molar-refractivity contribution in [1.29, 1.82) is 0 Å². The lowest BCUT2D eigenvalue weighted by molar-refractivity contribution is 0.157. The summed E-state index contributed by atoms with van der Waals surface area (Å²) in [6.45, 7) is 10.5. The summed E-state index contributed by atoms with van der Waals surface area (Å²) in [6, 6.07) is 0.561. The van der Waals surface area contributed by atoms with Gasteiger partial charge >= 0.3 is 0 Å². The van der Waals surface area contributed by atoms with Gasteiger partial charge in [0.05, 0.1) is 11.7 Å². The summed E-state index contributed by atoms with van der Waals surface area (Å²) in [5.41, 5.74) is 1.14. The molecule has 4 nitrogen and oxygen atoms in total. The Morgan fingerprint density at radius 1 is 1.25 bits per heavy atom. The Kier molecular flexibility index (Phi) is 6.02. The first-order valence-electron chi connectivity index (χ1n) is 8.36. The molecule has 20 heavy (non-hydrogen) atoms. The van der Waals surface area contributed by atoms with Crippen LogP contribution in [0.4, 0.5) is 0 Å². The normalized spacial score (nSPS) is 19.4. The first kappa shape index (κ1) is 15.5. The molecule has 0 aromatic carbocycles. The largest absolute Gasteiger partial charge is 0.303 e. The second-order valence-electron chi connectivity index (χ2n) is 6.37. The summed E-state index contributed by atoms with van der Waals surface area (Å²) in [5.74, 6) is 0.832. The van der Waals surface area contributed by atoms with E-state index in [2.05, 4.69) is 46.9 Å². The van der Waals surface area contributed by atoms with Crippen LogP contribution in [0.25, 0.3) is 0 Å². The van der Waals surface area contributed by atoms with Crippen molar-refractivity contribution < 1.29 is 0 Å². The maximum Gasteiger partial charge on any atom is 0.0827 e. The van der Waals surface area contributed by atoms with Gasteiger partial charge in [-0.2, -0.15) is 0 Å². The molecule has 1 aliphatic heterocycles. The molecule has 1 aromatic heterocycles. The van der Waals surface area contributed by atoms with Gasteiger partial charge in [-0.15, -0.1) is 5.10 Å². The Balaban J connectivity index is 1.78. The van der Waals surface area contributed by atoms with Crippen molar-refractivity contribution in [2.75, 3.05) is 19.6 Å². The molecule has 2 heterocycles. The molecule has 114 valence electrons. The highest BCUT2D eigenvalue weighted by Crippen LogP contribution is 2.23. The second kappa shape index (κ2) is 7.77. The van der Waals surface area contributed by atoms with Crippen LogP contribution in [0.2, 0.25) is 0 Å². The summed E-state index contributed by atoms with van der Waals surface area (Å²) in [4.78, 5) is 2.63. The highest BCUT2D eigenvalue weighted by Gasteiger charge is 2.22. The number of hydrogen-bond acceptors (Lipinski definition) is 3. The number of hydrogen-bond donors (Lipinski definition) is 0. The van der Waals surface area contributed by atoms with E-state index < -0.39 is 0 Å². The fourth-order valence-electron chi connectivity index (χ4n) is 3.25. The van der Waals surface area contributed by atoms with Gasteiger partial charge in [0.1, 0.15) is 0 Å². The van der Waals surface area contributed by atoms with Gasteiger partial charge in [0.25, 0.3) is 0 Å². The van der Waals surface area contributed by atoms with Crippen LogP contribution in [0.3, 0.4) is 0 Å². The minimum atomic E-state index is 0.561. The van der Waals surface area contributed by atoms with Crippen molar-refractivity contribution in [3.63, 3.8) is 0 Å². The molecule has 0 spiro atoms. The first-order chi connectivity index (χ1) is 9.72. The van der Waals surface area contributed by atoms with Gasteiger partial charge in [0, 0.05) is 25.8 Å². The van der Waals surface area contributed by atoms with Crippen LogP contribution in [0, 0.1) is 5.92 Å². The number of nitrogens with zero attached hydrogens (tertiary/aromatic N) is 4. The number of aryl methyl sites for hydroxylation is 1. The molecule has 0 unspecified atom stereocenters. The fraction of sp³-hybridized carbons (Fsp3) is 0.875. The van der Waals surface area contributed by atoms with Gasteiger partial charge in [0.15, 0.2) is 0 Å². The number of rotatable bonds is 7. The molecule has 0 radical (unpaired) electrons. The van der Waals surface area contributed by atoms with Gasteiger partial charge in [-0.05, 0) is 31.6 Å². The predicted octanol–water partition coefficient (Wildman–Crippen LogP) is 3.30. The molecule has 0 bridgehead atoms. The van der Waals surface area contributed by atoms with Crippen molar-refractivity contribution in [3.8, 4) is 0 Å². The quantitative estimate of drug-likeness (QED) is 0.767. The molecule has 1 aliphatic rings. The van der Waals surface area contributed by atoms with Crippen LogP contribution < -0.4 is 0 Å². The molecule has 0 aliphatic carbocycles. The number of aromatic nitrogens is 3. The molecule has 1 aromatic rings. The second-order valence-corrected chi connectivity index (χ2v) is 6.37. The van der Waals surface area contributed by atoms with E-state index in [9.17, 15) is 0 Å². The predicted molar refractivity (Wildman–Crippen MR) is 82.8 cm³/mol. The summed E-state index contributed by atoms with van der Waals surface area (Å²) in [7, 11) is 0. The van der Waals surface area contributed by atoms with Crippen LogP contribution in [0.15, 0.2) is 6.20 Å². The van der Waals surface area contributed by atoms with Crippen LogP contribution in [0.5, 0.6) is 0 Å². The SMILES string of the molecule is CCCc1cn(C2CCN(C[C@H](C)CCC)CC2)nn1. The van der Waals surface area contributed by atoms with Gasteiger partial charge in [0.2, 0.25) is 0 Å². The van der Waals surface area contributed by atoms with Gasteiger partial charge in [-0.3, -0.25) is 0 Å². The molecular formula is C16H30N4. The Bertz CT molecular complexity index is 380. The lowest BCUT2D eigenvalue weighted by atomic mass is 10.0. The van der Waals surface area contributed by atoms with E-state index in [0.29, 0.717) is 6.04 Å². The van der Waals surface area contributed by atoms with E-state index >= 15 is 0 Å². The molecular weight excluding hydrogens is 248 g/mol. The molecule has 0 saturated carbocycles. The van der Waals surface area contributed by atoms with Gasteiger partial charge < -0.3 is 4.90 Å². The zero-order valence-electron chi connectivity index (χ0n) is 13.4. The van der Waals surface area contributed by atoms with E-state index in [1.165, 1.54) is 45.3 Å². The van der Waals surface area contributed by atoms with Crippen LogP contribution in [-0.4, -0.2) is 39.5 Å². The third kappa shape index (κ3) is 4.30. The minimum Gasteiger partial charge on any atom is -0.303 e. The molecule has 2 rings (SSSR count). The van der Waals surface area contributed by atoms with Crippen LogP contribution >= 0.6 is 0 Å². The Labute approximate surface area is 123 Å². The first-order valence-corrected chi connectivity index (χ1v) is 8.36. The number of likely N-dealkylation sites (tertiary alicyclic amines) is 1. The smallest absolute Gasteiger partial charge is 0.0827 e. The Hall–Kier alpha value is -0.900. The summed E-state index contributed by atoms with van der Waals surface area (Å²) < 4.78 is 2.11. The van der Waals surface area contributed by atoms with Crippen molar-refractivity contribution in [3.05, 3.63) is 11.9 Å². The Morgan fingerprint density at radius 2 is 2.00 bits per heavy atom. The van der Waals surface area contributed by atoms with Crippen LogP contribution in [0.1, 0.15) is 64.6 Å². The summed E-state index contributed by atoms with van der Waals surface area (Å²) in [6.07, 6.45) is 9.44. The lowest BCUT2D eigenvalue weighted by Crippen LogP contribution is -2.37. The molecule has 1 fully saturated rings. The average molecular weight is 278 g/mol. The van der Waals surface area contributed by atoms with Crippen LogP contribution in [-0.2, 0) is 6.42 Å². The van der Waals surface area contributed by atoms with Gasteiger partial charge in [-0.1, -0.05) is 38.8 Å². The summed E-state index contributed by atoms with van der Waals surface area (Å²) in [5, 5.41) is 8.59. The summed E-state index contributed by atoms with van der Waals surface area (Å²) >= 11 is 0. The third-order valence-electron chi connectivity index (χ3n) is 4.35. The van der Waals surface area contributed by atoms with Crippen molar-refractivity contribution in [1.82, 2.24) is 19.9 Å². The third-order valence-corrected chi connectivity index (χ3v) is 4.35. The number of piperidine rings is 1. The average Bonchev–Trinajstić information content (AvgIpc) is 2.89. The molecule has 1 atom stereocenters. The Morgan fingerprint density at radius 3 is 2.65 bits per heavy atom. The zero-order chi connectivity index (χ0) is 14.4. The monoisotopic (exact) mass is 278 g/mol. The molecule has 0 N–H and O–H groups in total. The van der Waals surface area contributed by atoms with E-state index in [1.807, 2.05) is 0 Å². The fourth-order valence-corrected chi connectivity index (χ4v) is 3.25. The van der Waals surface area contributed by atoms with E-state index in [1.54, 1.807) is 0 Å². The van der Waals surface area contributed by atoms with E-state index in [-0.39, 0.29) is 0 Å². The standard InChI is InChI=1S/C16H30N4/c1-4-6-14(3)12-19-10-8-16(9-11-19)20-13-15(7-5-2)17-18-20/h13-14,16H,4-12H2,1-3H3/t14-/m1/s1. The van der Waals surface area contributed by atoms with Crippen molar-refractivity contribution in [2.45, 2.75) is 65.3 Å². The maximum atomic E-state index is 4.32. The van der Waals surface area contributed by atoms with E-state index in [4.69, 9.17) is 0 Å². The zero-order valence-corrected chi connectivity index (χ0v) is 13.4. The highest BCUT2D eigenvalue weighted by molar-refractivity contribution is 4.94. The maximum absolute atomic E-state index is 4.32. The van der Waals surface area contributed by atoms with Crippen molar-refractivity contribution in [2.24, 2.45) is 5.92 Å².